The highest BCUT2D eigenvalue weighted by atomic mass is 16.7. The molecule has 182 valence electrons. The van der Waals surface area contributed by atoms with E-state index in [9.17, 15) is 19.2 Å². The Kier molecular flexibility index (Phi) is 8.06. The molecule has 1 heterocycles. The van der Waals surface area contributed by atoms with Crippen molar-refractivity contribution < 1.29 is 42.9 Å². The number of carbonyl (C=O) groups is 4. The first-order chi connectivity index (χ1) is 16.1. The first-order valence-electron chi connectivity index (χ1n) is 10.7. The van der Waals surface area contributed by atoms with Crippen LogP contribution in [0, 0.1) is 0 Å². The number of esters is 3. The lowest BCUT2D eigenvalue weighted by Crippen LogP contribution is -2.67. The number of hydrogen-bond acceptors (Lipinski definition) is 9. The maximum Gasteiger partial charge on any atom is 0.303 e. The number of nitrogens with one attached hydrogen (secondary N) is 1. The van der Waals surface area contributed by atoms with Crippen molar-refractivity contribution in [3.63, 3.8) is 0 Å². The predicted octanol–water partition coefficient (Wildman–Crippen LogP) is 1.87. The van der Waals surface area contributed by atoms with Gasteiger partial charge in [-0.3, -0.25) is 19.2 Å². The zero-order valence-electron chi connectivity index (χ0n) is 19.3. The smallest absolute Gasteiger partial charge is 0.303 e. The minimum Gasteiger partial charge on any atom is -0.463 e. The van der Waals surface area contributed by atoms with Gasteiger partial charge < -0.3 is 29.0 Å². The molecular weight excluding hydrogens is 446 g/mol. The molecule has 2 aromatic rings. The van der Waals surface area contributed by atoms with Crippen LogP contribution in [0.4, 0.5) is 0 Å². The molecule has 0 bridgehead atoms. The highest BCUT2D eigenvalue weighted by molar-refractivity contribution is 5.83. The molecule has 1 amide bonds. The van der Waals surface area contributed by atoms with Crippen molar-refractivity contribution in [2.24, 2.45) is 0 Å². The Morgan fingerprint density at radius 3 is 2.12 bits per heavy atom. The summed E-state index contributed by atoms with van der Waals surface area (Å²) in [5.74, 6) is -1.94. The van der Waals surface area contributed by atoms with E-state index in [0.717, 1.165) is 10.8 Å². The van der Waals surface area contributed by atoms with Gasteiger partial charge in [-0.25, -0.2) is 0 Å². The molecule has 1 saturated heterocycles. The number of fused-ring (bicyclic) bond motifs is 1. The van der Waals surface area contributed by atoms with Crippen molar-refractivity contribution in [3.05, 3.63) is 42.5 Å². The van der Waals surface area contributed by atoms with E-state index < -0.39 is 54.5 Å². The molecule has 0 saturated carbocycles. The predicted molar refractivity (Wildman–Crippen MR) is 119 cm³/mol. The van der Waals surface area contributed by atoms with Crippen LogP contribution in [-0.2, 0) is 38.1 Å². The zero-order valence-corrected chi connectivity index (χ0v) is 19.3. The van der Waals surface area contributed by atoms with Gasteiger partial charge in [0.15, 0.2) is 12.2 Å². The number of hydrogen-bond donors (Lipinski definition) is 1. The topological polar surface area (TPSA) is 126 Å². The number of rotatable bonds is 7. The Bertz CT molecular complexity index is 1070. The molecule has 2 aromatic carbocycles. The zero-order chi connectivity index (χ0) is 24.8. The highest BCUT2D eigenvalue weighted by Crippen LogP contribution is 2.30. The van der Waals surface area contributed by atoms with Crippen LogP contribution in [0.5, 0.6) is 5.75 Å². The molecule has 0 spiro atoms. The lowest BCUT2D eigenvalue weighted by molar-refractivity contribution is -0.257. The van der Waals surface area contributed by atoms with Gasteiger partial charge in [-0.1, -0.05) is 30.3 Å². The van der Waals surface area contributed by atoms with Crippen molar-refractivity contribution in [2.75, 3.05) is 6.61 Å². The van der Waals surface area contributed by atoms with Crippen molar-refractivity contribution in [3.8, 4) is 5.75 Å². The van der Waals surface area contributed by atoms with E-state index in [4.69, 9.17) is 23.7 Å². The van der Waals surface area contributed by atoms with Crippen molar-refractivity contribution >= 4 is 34.6 Å². The third-order valence-corrected chi connectivity index (χ3v) is 5.04. The summed E-state index contributed by atoms with van der Waals surface area (Å²) >= 11 is 0. The summed E-state index contributed by atoms with van der Waals surface area (Å²) in [6.07, 6.45) is -4.55. The average molecular weight is 473 g/mol. The molecule has 1 aliphatic rings. The summed E-state index contributed by atoms with van der Waals surface area (Å²) in [5, 5.41) is 4.58. The lowest BCUT2D eigenvalue weighted by atomic mass is 9.96. The van der Waals surface area contributed by atoms with Gasteiger partial charge >= 0.3 is 17.9 Å². The van der Waals surface area contributed by atoms with Gasteiger partial charge in [0.2, 0.25) is 12.2 Å². The molecule has 1 fully saturated rings. The van der Waals surface area contributed by atoms with Gasteiger partial charge in [0, 0.05) is 27.7 Å². The second-order valence-electron chi connectivity index (χ2n) is 7.85. The number of carbonyl (C=O) groups excluding carboxylic acids is 4. The summed E-state index contributed by atoms with van der Waals surface area (Å²) in [4.78, 5) is 47.1. The van der Waals surface area contributed by atoms with Crippen LogP contribution < -0.4 is 10.1 Å². The summed E-state index contributed by atoms with van der Waals surface area (Å²) < 4.78 is 28.0. The summed E-state index contributed by atoms with van der Waals surface area (Å²) in [6, 6.07) is 12.0. The maximum atomic E-state index is 12.0. The third-order valence-electron chi connectivity index (χ3n) is 5.04. The SMILES string of the molecule is CC(=O)N[C@@H]1[C@H](Oc2ccc3ccccc3c2)O[C@H](COC(C)=O)[C@@H](OC(C)=O)[C@@H]1OC(C)=O. The van der Waals surface area contributed by atoms with E-state index in [2.05, 4.69) is 5.32 Å². The van der Waals surface area contributed by atoms with Crippen molar-refractivity contribution in [1.82, 2.24) is 5.32 Å². The van der Waals surface area contributed by atoms with Gasteiger partial charge in [-0.05, 0) is 22.9 Å². The molecule has 3 rings (SSSR count). The van der Waals surface area contributed by atoms with Crippen LogP contribution in [0.15, 0.2) is 42.5 Å². The minimum absolute atomic E-state index is 0.296. The van der Waals surface area contributed by atoms with E-state index in [-0.39, 0.29) is 6.61 Å². The van der Waals surface area contributed by atoms with Gasteiger partial charge in [-0.15, -0.1) is 0 Å². The van der Waals surface area contributed by atoms with E-state index >= 15 is 0 Å². The standard InChI is InChI=1S/C24H27NO9/c1-13(26)25-21-23(32-16(4)29)22(31-15(3)28)20(12-30-14(2)27)34-24(21)33-19-10-9-17-7-5-6-8-18(17)11-19/h5-11,20-24H,12H2,1-4H3,(H,25,26)/t20-,21+,22-,23-,24-/m1/s1. The van der Waals surface area contributed by atoms with E-state index in [1.165, 1.54) is 27.7 Å². The number of amides is 1. The highest BCUT2D eigenvalue weighted by Gasteiger charge is 2.51. The molecule has 0 aromatic heterocycles. The molecule has 0 radical (unpaired) electrons. The second kappa shape index (κ2) is 11.0. The third kappa shape index (κ3) is 6.44. The molecule has 1 aliphatic heterocycles. The molecular formula is C24H27NO9. The summed E-state index contributed by atoms with van der Waals surface area (Å²) in [7, 11) is 0. The minimum atomic E-state index is -1.18. The molecule has 34 heavy (non-hydrogen) atoms. The van der Waals surface area contributed by atoms with Crippen LogP contribution in [0.3, 0.4) is 0 Å². The fourth-order valence-electron chi connectivity index (χ4n) is 3.77. The van der Waals surface area contributed by atoms with Crippen LogP contribution in [0.25, 0.3) is 10.8 Å². The molecule has 5 atom stereocenters. The molecule has 10 heteroatoms. The Morgan fingerprint density at radius 2 is 1.50 bits per heavy atom. The molecule has 1 N–H and O–H groups in total. The van der Waals surface area contributed by atoms with Crippen LogP contribution >= 0.6 is 0 Å². The van der Waals surface area contributed by atoms with Gasteiger partial charge in [0.25, 0.3) is 0 Å². The van der Waals surface area contributed by atoms with Gasteiger partial charge in [0.1, 0.15) is 24.5 Å². The monoisotopic (exact) mass is 473 g/mol. The average Bonchev–Trinajstić information content (AvgIpc) is 2.75. The Balaban J connectivity index is 1.98. The Morgan fingerprint density at radius 1 is 0.853 bits per heavy atom. The van der Waals surface area contributed by atoms with E-state index in [0.29, 0.717) is 5.75 Å². The normalized spacial score (nSPS) is 24.1. The van der Waals surface area contributed by atoms with Crippen molar-refractivity contribution in [2.45, 2.75) is 58.3 Å². The fraction of sp³-hybridized carbons (Fsp3) is 0.417. The Labute approximate surface area is 196 Å². The first kappa shape index (κ1) is 25.0. The maximum absolute atomic E-state index is 12.0. The number of benzene rings is 2. The molecule has 0 unspecified atom stereocenters. The Hall–Kier alpha value is -3.66. The lowest BCUT2D eigenvalue weighted by Gasteiger charge is -2.44. The first-order valence-corrected chi connectivity index (χ1v) is 10.7. The summed E-state index contributed by atoms with van der Waals surface area (Å²) in [6.45, 7) is 4.57. The van der Waals surface area contributed by atoms with Crippen molar-refractivity contribution in [1.29, 1.82) is 0 Å². The molecule has 10 nitrogen and oxygen atoms in total. The molecule has 0 aliphatic carbocycles. The largest absolute Gasteiger partial charge is 0.463 e. The second-order valence-corrected chi connectivity index (χ2v) is 7.85. The van der Waals surface area contributed by atoms with Crippen LogP contribution in [0.2, 0.25) is 0 Å². The quantitative estimate of drug-likeness (QED) is 0.474. The van der Waals surface area contributed by atoms with E-state index in [1.807, 2.05) is 30.3 Å². The van der Waals surface area contributed by atoms with Crippen LogP contribution in [-0.4, -0.2) is 61.1 Å². The number of ether oxygens (including phenoxy) is 5. The summed E-state index contributed by atoms with van der Waals surface area (Å²) in [5.41, 5.74) is 0. The fourth-order valence-corrected chi connectivity index (χ4v) is 3.77. The van der Waals surface area contributed by atoms with Gasteiger partial charge in [-0.2, -0.15) is 0 Å². The van der Waals surface area contributed by atoms with E-state index in [1.54, 1.807) is 12.1 Å². The van der Waals surface area contributed by atoms with Crippen LogP contribution in [0.1, 0.15) is 27.7 Å². The van der Waals surface area contributed by atoms with Gasteiger partial charge in [0.05, 0.1) is 0 Å².